The number of carbonyl (C=O) groups excluding carboxylic acids is 1. The standard InChI is InChI=1S/C14H20BrN3O3S/c1-11-9-16-7-8-18(11)14(19)10-17(2)22(20,21)13-5-3-12(15)4-6-13/h3-6,11,16H,7-10H2,1-2H3/t11-/m1/s1. The molecule has 1 aromatic carbocycles. The second kappa shape index (κ2) is 7.08. The molecular weight excluding hydrogens is 370 g/mol. The molecule has 0 spiro atoms. The van der Waals surface area contributed by atoms with E-state index in [-0.39, 0.29) is 23.4 Å². The van der Waals surface area contributed by atoms with E-state index in [2.05, 4.69) is 21.2 Å². The molecule has 1 atom stereocenters. The molecule has 6 nitrogen and oxygen atoms in total. The van der Waals surface area contributed by atoms with Crippen LogP contribution < -0.4 is 5.32 Å². The van der Waals surface area contributed by atoms with Gasteiger partial charge in [-0.05, 0) is 31.2 Å². The van der Waals surface area contributed by atoms with Crippen molar-refractivity contribution in [3.63, 3.8) is 0 Å². The monoisotopic (exact) mass is 389 g/mol. The van der Waals surface area contributed by atoms with E-state index in [1.54, 1.807) is 17.0 Å². The Bertz CT molecular complexity index is 633. The molecule has 1 amide bonds. The number of sulfonamides is 1. The highest BCUT2D eigenvalue weighted by Gasteiger charge is 2.28. The van der Waals surface area contributed by atoms with Crippen LogP contribution in [0, 0.1) is 0 Å². The largest absolute Gasteiger partial charge is 0.336 e. The number of piperazine rings is 1. The maximum Gasteiger partial charge on any atom is 0.243 e. The van der Waals surface area contributed by atoms with E-state index in [0.29, 0.717) is 6.54 Å². The average Bonchev–Trinajstić information content (AvgIpc) is 2.48. The Morgan fingerprint density at radius 3 is 2.64 bits per heavy atom. The van der Waals surface area contributed by atoms with Gasteiger partial charge < -0.3 is 10.2 Å². The third-order valence-electron chi connectivity index (χ3n) is 3.70. The Kier molecular flexibility index (Phi) is 5.60. The molecular formula is C14H20BrN3O3S. The van der Waals surface area contributed by atoms with E-state index in [1.807, 2.05) is 6.92 Å². The molecule has 1 fully saturated rings. The van der Waals surface area contributed by atoms with Crippen LogP contribution in [0.5, 0.6) is 0 Å². The van der Waals surface area contributed by atoms with Crippen LogP contribution in [0.25, 0.3) is 0 Å². The van der Waals surface area contributed by atoms with Crippen molar-refractivity contribution in [2.75, 3.05) is 33.2 Å². The highest BCUT2D eigenvalue weighted by Crippen LogP contribution is 2.18. The van der Waals surface area contributed by atoms with Crippen LogP contribution in [0.1, 0.15) is 6.92 Å². The fourth-order valence-electron chi connectivity index (χ4n) is 2.36. The molecule has 2 rings (SSSR count). The first-order valence-electron chi connectivity index (χ1n) is 7.04. The molecule has 1 heterocycles. The summed E-state index contributed by atoms with van der Waals surface area (Å²) >= 11 is 3.27. The van der Waals surface area contributed by atoms with E-state index in [1.165, 1.54) is 19.2 Å². The molecule has 1 saturated heterocycles. The zero-order chi connectivity index (χ0) is 16.3. The first kappa shape index (κ1) is 17.4. The number of benzene rings is 1. The summed E-state index contributed by atoms with van der Waals surface area (Å²) in [5.74, 6) is -0.169. The molecule has 22 heavy (non-hydrogen) atoms. The van der Waals surface area contributed by atoms with Crippen LogP contribution >= 0.6 is 15.9 Å². The summed E-state index contributed by atoms with van der Waals surface area (Å²) in [6.07, 6.45) is 0. The molecule has 1 aliphatic rings. The quantitative estimate of drug-likeness (QED) is 0.829. The summed E-state index contributed by atoms with van der Waals surface area (Å²) in [6.45, 7) is 3.87. The van der Waals surface area contributed by atoms with Crippen molar-refractivity contribution >= 4 is 31.9 Å². The van der Waals surface area contributed by atoms with Crippen molar-refractivity contribution < 1.29 is 13.2 Å². The minimum Gasteiger partial charge on any atom is -0.336 e. The molecule has 0 radical (unpaired) electrons. The first-order chi connectivity index (χ1) is 10.3. The number of hydrogen-bond acceptors (Lipinski definition) is 4. The van der Waals surface area contributed by atoms with Gasteiger partial charge in [0.05, 0.1) is 11.4 Å². The molecule has 1 N–H and O–H groups in total. The zero-order valence-corrected chi connectivity index (χ0v) is 15.0. The molecule has 0 unspecified atom stereocenters. The Morgan fingerprint density at radius 2 is 2.05 bits per heavy atom. The maximum atomic E-state index is 12.5. The number of hydrogen-bond donors (Lipinski definition) is 1. The van der Waals surface area contributed by atoms with E-state index in [0.717, 1.165) is 21.9 Å². The third kappa shape index (κ3) is 3.87. The summed E-state index contributed by atoms with van der Waals surface area (Å²) in [5, 5.41) is 3.20. The first-order valence-corrected chi connectivity index (χ1v) is 9.28. The predicted molar refractivity (Wildman–Crippen MR) is 88.0 cm³/mol. The van der Waals surface area contributed by atoms with Crippen molar-refractivity contribution in [3.05, 3.63) is 28.7 Å². The summed E-state index contributed by atoms with van der Waals surface area (Å²) in [4.78, 5) is 14.2. The van der Waals surface area contributed by atoms with Gasteiger partial charge in [0.25, 0.3) is 0 Å². The van der Waals surface area contributed by atoms with Gasteiger partial charge in [0, 0.05) is 37.2 Å². The molecule has 0 aliphatic carbocycles. The molecule has 1 aromatic rings. The van der Waals surface area contributed by atoms with Crippen LogP contribution in [-0.4, -0.2) is 62.8 Å². The topological polar surface area (TPSA) is 69.7 Å². The fraction of sp³-hybridized carbons (Fsp3) is 0.500. The van der Waals surface area contributed by atoms with Gasteiger partial charge in [-0.25, -0.2) is 8.42 Å². The normalized spacial score (nSPS) is 19.5. The Hall–Kier alpha value is -0.960. The summed E-state index contributed by atoms with van der Waals surface area (Å²) in [5.41, 5.74) is 0. The fourth-order valence-corrected chi connectivity index (χ4v) is 3.75. The Balaban J connectivity index is 2.08. The van der Waals surface area contributed by atoms with E-state index >= 15 is 0 Å². The van der Waals surface area contributed by atoms with Crippen LogP contribution in [0.2, 0.25) is 0 Å². The highest BCUT2D eigenvalue weighted by atomic mass is 79.9. The molecule has 0 saturated carbocycles. The van der Waals surface area contributed by atoms with Crippen LogP contribution in [-0.2, 0) is 14.8 Å². The van der Waals surface area contributed by atoms with Gasteiger partial charge in [-0.1, -0.05) is 15.9 Å². The Labute approximate surface area is 139 Å². The lowest BCUT2D eigenvalue weighted by molar-refractivity contribution is -0.133. The SMILES string of the molecule is C[C@@H]1CNCCN1C(=O)CN(C)S(=O)(=O)c1ccc(Br)cc1. The van der Waals surface area contributed by atoms with E-state index < -0.39 is 10.0 Å². The predicted octanol–water partition coefficient (Wildman–Crippen LogP) is 0.890. The van der Waals surface area contributed by atoms with Crippen molar-refractivity contribution in [1.29, 1.82) is 0 Å². The zero-order valence-electron chi connectivity index (χ0n) is 12.6. The van der Waals surface area contributed by atoms with E-state index in [9.17, 15) is 13.2 Å². The molecule has 1 aliphatic heterocycles. The molecule has 8 heteroatoms. The number of carbonyl (C=O) groups is 1. The van der Waals surface area contributed by atoms with Gasteiger partial charge in [0.1, 0.15) is 0 Å². The van der Waals surface area contributed by atoms with Crippen molar-refractivity contribution in [3.8, 4) is 0 Å². The number of nitrogens with one attached hydrogen (secondary N) is 1. The number of nitrogens with zero attached hydrogens (tertiary/aromatic N) is 2. The smallest absolute Gasteiger partial charge is 0.243 e. The van der Waals surface area contributed by atoms with Crippen molar-refractivity contribution in [2.45, 2.75) is 17.9 Å². The summed E-state index contributed by atoms with van der Waals surface area (Å²) < 4.78 is 26.9. The van der Waals surface area contributed by atoms with Crippen LogP contribution in [0.3, 0.4) is 0 Å². The third-order valence-corrected chi connectivity index (χ3v) is 6.05. The number of amides is 1. The minimum atomic E-state index is -3.66. The molecule has 0 aromatic heterocycles. The van der Waals surface area contributed by atoms with Gasteiger partial charge in [-0.3, -0.25) is 4.79 Å². The van der Waals surface area contributed by atoms with Crippen molar-refractivity contribution in [1.82, 2.24) is 14.5 Å². The summed E-state index contributed by atoms with van der Waals surface area (Å²) in [7, 11) is -2.22. The summed E-state index contributed by atoms with van der Waals surface area (Å²) in [6, 6.07) is 6.45. The van der Waals surface area contributed by atoms with Gasteiger partial charge >= 0.3 is 0 Å². The minimum absolute atomic E-state index is 0.0741. The van der Waals surface area contributed by atoms with E-state index in [4.69, 9.17) is 0 Å². The van der Waals surface area contributed by atoms with Crippen LogP contribution in [0.15, 0.2) is 33.6 Å². The van der Waals surface area contributed by atoms with Gasteiger partial charge in [-0.15, -0.1) is 0 Å². The highest BCUT2D eigenvalue weighted by molar-refractivity contribution is 9.10. The van der Waals surface area contributed by atoms with Gasteiger partial charge in [0.2, 0.25) is 15.9 Å². The number of halogens is 1. The lowest BCUT2D eigenvalue weighted by Crippen LogP contribution is -2.54. The number of rotatable bonds is 4. The maximum absolute atomic E-state index is 12.5. The lowest BCUT2D eigenvalue weighted by atomic mass is 10.2. The average molecular weight is 390 g/mol. The van der Waals surface area contributed by atoms with Crippen LogP contribution in [0.4, 0.5) is 0 Å². The second-order valence-corrected chi connectivity index (χ2v) is 8.32. The molecule has 0 bridgehead atoms. The lowest BCUT2D eigenvalue weighted by Gasteiger charge is -2.34. The molecule has 122 valence electrons. The van der Waals surface area contributed by atoms with Gasteiger partial charge in [-0.2, -0.15) is 4.31 Å². The number of likely N-dealkylation sites (N-methyl/N-ethyl adjacent to an activating group) is 1. The van der Waals surface area contributed by atoms with Crippen molar-refractivity contribution in [2.24, 2.45) is 0 Å². The Morgan fingerprint density at radius 1 is 1.41 bits per heavy atom. The second-order valence-electron chi connectivity index (χ2n) is 5.36. The van der Waals surface area contributed by atoms with Gasteiger partial charge in [0.15, 0.2) is 0 Å².